The molecule has 1 fully saturated rings. The summed E-state index contributed by atoms with van der Waals surface area (Å²) < 4.78 is 0. The van der Waals surface area contributed by atoms with Crippen molar-refractivity contribution in [2.24, 2.45) is 0 Å². The molecule has 0 radical (unpaired) electrons. The molecule has 1 aliphatic rings. The van der Waals surface area contributed by atoms with Gasteiger partial charge in [-0.1, -0.05) is 30.3 Å². The zero-order valence-corrected chi connectivity index (χ0v) is 9.60. The van der Waals surface area contributed by atoms with Crippen LogP contribution in [0.15, 0.2) is 30.3 Å². The molecule has 1 atom stereocenters. The van der Waals surface area contributed by atoms with Gasteiger partial charge in [0, 0.05) is 19.0 Å². The van der Waals surface area contributed by atoms with Gasteiger partial charge >= 0.3 is 0 Å². The first kappa shape index (κ1) is 11.2. The van der Waals surface area contributed by atoms with Gasteiger partial charge in [-0.05, 0) is 31.4 Å². The number of nitriles is 1. The zero-order valence-electron chi connectivity index (χ0n) is 9.60. The van der Waals surface area contributed by atoms with E-state index >= 15 is 0 Å². The van der Waals surface area contributed by atoms with Crippen LogP contribution in [0.1, 0.15) is 24.8 Å². The van der Waals surface area contributed by atoms with Gasteiger partial charge in [-0.25, -0.2) is 0 Å². The van der Waals surface area contributed by atoms with Gasteiger partial charge in [0.1, 0.15) is 0 Å². The standard InChI is InChI=1S/C14H18N2/c15-9-5-11-16-10-4-8-14(16)12-13-6-2-1-3-7-13/h1-3,6-7,14H,4-5,8,10-12H2/t14-/m1/s1. The van der Waals surface area contributed by atoms with E-state index in [-0.39, 0.29) is 0 Å². The Balaban J connectivity index is 1.91. The Hall–Kier alpha value is -1.33. The fraction of sp³-hybridized carbons (Fsp3) is 0.500. The van der Waals surface area contributed by atoms with Crippen molar-refractivity contribution in [1.82, 2.24) is 4.90 Å². The summed E-state index contributed by atoms with van der Waals surface area (Å²) >= 11 is 0. The summed E-state index contributed by atoms with van der Waals surface area (Å²) in [4.78, 5) is 2.47. The van der Waals surface area contributed by atoms with Crippen molar-refractivity contribution in [3.05, 3.63) is 35.9 Å². The van der Waals surface area contributed by atoms with E-state index in [1.165, 1.54) is 24.9 Å². The van der Waals surface area contributed by atoms with Gasteiger partial charge in [-0.2, -0.15) is 5.26 Å². The molecular formula is C14H18N2. The molecule has 2 heteroatoms. The van der Waals surface area contributed by atoms with Gasteiger partial charge in [-0.3, -0.25) is 4.90 Å². The molecule has 2 rings (SSSR count). The number of benzene rings is 1. The second-order valence-corrected chi connectivity index (χ2v) is 4.43. The van der Waals surface area contributed by atoms with E-state index in [1.807, 2.05) is 0 Å². The predicted octanol–water partition coefficient (Wildman–Crippen LogP) is 2.61. The first-order chi connectivity index (χ1) is 7.90. The van der Waals surface area contributed by atoms with Crippen molar-refractivity contribution in [3.63, 3.8) is 0 Å². The van der Waals surface area contributed by atoms with Gasteiger partial charge < -0.3 is 0 Å². The Morgan fingerprint density at radius 1 is 1.31 bits per heavy atom. The molecule has 0 spiro atoms. The fourth-order valence-electron chi connectivity index (χ4n) is 2.50. The minimum atomic E-state index is 0.649. The minimum Gasteiger partial charge on any atom is -0.299 e. The van der Waals surface area contributed by atoms with E-state index in [0.29, 0.717) is 12.5 Å². The fourth-order valence-corrected chi connectivity index (χ4v) is 2.50. The van der Waals surface area contributed by atoms with Crippen LogP contribution in [-0.4, -0.2) is 24.0 Å². The van der Waals surface area contributed by atoms with E-state index in [9.17, 15) is 0 Å². The lowest BCUT2D eigenvalue weighted by Crippen LogP contribution is -2.31. The normalized spacial score (nSPS) is 20.8. The molecule has 16 heavy (non-hydrogen) atoms. The largest absolute Gasteiger partial charge is 0.299 e. The summed E-state index contributed by atoms with van der Waals surface area (Å²) in [5, 5.41) is 8.63. The molecule has 0 aromatic heterocycles. The lowest BCUT2D eigenvalue weighted by molar-refractivity contribution is 0.258. The third-order valence-corrected chi connectivity index (χ3v) is 3.32. The van der Waals surface area contributed by atoms with Crippen LogP contribution in [0.5, 0.6) is 0 Å². The molecule has 0 unspecified atom stereocenters. The highest BCUT2D eigenvalue weighted by Crippen LogP contribution is 2.21. The van der Waals surface area contributed by atoms with Gasteiger partial charge in [0.15, 0.2) is 0 Å². The SMILES string of the molecule is N#CCCN1CCC[C@@H]1Cc1ccccc1. The topological polar surface area (TPSA) is 27.0 Å². The number of hydrogen-bond acceptors (Lipinski definition) is 2. The van der Waals surface area contributed by atoms with Crippen LogP contribution in [0.2, 0.25) is 0 Å². The van der Waals surface area contributed by atoms with Crippen LogP contribution >= 0.6 is 0 Å². The van der Waals surface area contributed by atoms with Crippen LogP contribution in [0, 0.1) is 11.3 Å². The van der Waals surface area contributed by atoms with Crippen molar-refractivity contribution in [1.29, 1.82) is 5.26 Å². The molecule has 1 aromatic rings. The number of rotatable bonds is 4. The first-order valence-corrected chi connectivity index (χ1v) is 6.05. The van der Waals surface area contributed by atoms with Crippen LogP contribution in [0.4, 0.5) is 0 Å². The molecule has 0 amide bonds. The van der Waals surface area contributed by atoms with Crippen molar-refractivity contribution in [2.45, 2.75) is 31.7 Å². The molecule has 2 nitrogen and oxygen atoms in total. The summed E-state index contributed by atoms with van der Waals surface area (Å²) in [6.45, 7) is 2.10. The Morgan fingerprint density at radius 2 is 2.12 bits per heavy atom. The molecule has 0 aliphatic carbocycles. The maximum atomic E-state index is 8.63. The molecular weight excluding hydrogens is 196 g/mol. The van der Waals surface area contributed by atoms with E-state index in [0.717, 1.165) is 13.0 Å². The van der Waals surface area contributed by atoms with Gasteiger partial charge in [0.2, 0.25) is 0 Å². The number of hydrogen-bond donors (Lipinski definition) is 0. The second-order valence-electron chi connectivity index (χ2n) is 4.43. The Bertz CT molecular complexity index is 353. The summed E-state index contributed by atoms with van der Waals surface area (Å²) in [6, 6.07) is 13.5. The molecule has 0 bridgehead atoms. The van der Waals surface area contributed by atoms with Crippen molar-refractivity contribution < 1.29 is 0 Å². The first-order valence-electron chi connectivity index (χ1n) is 6.05. The number of nitrogens with zero attached hydrogens (tertiary/aromatic N) is 2. The van der Waals surface area contributed by atoms with Crippen LogP contribution in [0.3, 0.4) is 0 Å². The van der Waals surface area contributed by atoms with Gasteiger partial charge in [-0.15, -0.1) is 0 Å². The Morgan fingerprint density at radius 3 is 2.88 bits per heavy atom. The highest BCUT2D eigenvalue weighted by molar-refractivity contribution is 5.16. The van der Waals surface area contributed by atoms with E-state index < -0.39 is 0 Å². The summed E-state index contributed by atoms with van der Waals surface area (Å²) in [5.41, 5.74) is 1.41. The third kappa shape index (κ3) is 2.84. The van der Waals surface area contributed by atoms with Gasteiger partial charge in [0.05, 0.1) is 6.07 Å². The van der Waals surface area contributed by atoms with Crippen molar-refractivity contribution >= 4 is 0 Å². The second kappa shape index (κ2) is 5.67. The summed E-state index contributed by atoms with van der Waals surface area (Å²) in [5.74, 6) is 0. The van der Waals surface area contributed by atoms with Crippen LogP contribution in [0.25, 0.3) is 0 Å². The minimum absolute atomic E-state index is 0.649. The van der Waals surface area contributed by atoms with Crippen molar-refractivity contribution in [2.75, 3.05) is 13.1 Å². The third-order valence-electron chi connectivity index (χ3n) is 3.32. The van der Waals surface area contributed by atoms with Crippen molar-refractivity contribution in [3.8, 4) is 6.07 Å². The smallest absolute Gasteiger partial charge is 0.0635 e. The highest BCUT2D eigenvalue weighted by Gasteiger charge is 2.23. The van der Waals surface area contributed by atoms with Gasteiger partial charge in [0.25, 0.3) is 0 Å². The maximum absolute atomic E-state index is 8.63. The molecule has 0 saturated carbocycles. The maximum Gasteiger partial charge on any atom is 0.0635 e. The Labute approximate surface area is 97.5 Å². The van der Waals surface area contributed by atoms with Crippen LogP contribution in [-0.2, 0) is 6.42 Å². The van der Waals surface area contributed by atoms with Crippen LogP contribution < -0.4 is 0 Å². The average molecular weight is 214 g/mol. The lowest BCUT2D eigenvalue weighted by Gasteiger charge is -2.23. The quantitative estimate of drug-likeness (QED) is 0.770. The Kier molecular flexibility index (Phi) is 3.96. The molecule has 1 heterocycles. The molecule has 1 aromatic carbocycles. The highest BCUT2D eigenvalue weighted by atomic mass is 15.2. The van der Waals surface area contributed by atoms with E-state index in [1.54, 1.807) is 0 Å². The predicted molar refractivity (Wildman–Crippen MR) is 65.0 cm³/mol. The number of likely N-dealkylation sites (tertiary alicyclic amines) is 1. The summed E-state index contributed by atoms with van der Waals surface area (Å²) in [7, 11) is 0. The van der Waals surface area contributed by atoms with E-state index in [2.05, 4.69) is 41.3 Å². The monoisotopic (exact) mass is 214 g/mol. The molecule has 1 aliphatic heterocycles. The zero-order chi connectivity index (χ0) is 11.2. The lowest BCUT2D eigenvalue weighted by atomic mass is 10.0. The molecule has 1 saturated heterocycles. The van der Waals surface area contributed by atoms with E-state index in [4.69, 9.17) is 5.26 Å². The molecule has 0 N–H and O–H groups in total. The molecule has 84 valence electrons. The summed E-state index contributed by atoms with van der Waals surface area (Å²) in [6.07, 6.45) is 4.35. The average Bonchev–Trinajstić information content (AvgIpc) is 2.75.